The summed E-state index contributed by atoms with van der Waals surface area (Å²) in [5.74, 6) is 0. The Morgan fingerprint density at radius 2 is 0.855 bits per heavy atom. The zero-order valence-corrected chi connectivity index (χ0v) is 29.8. The molecule has 0 atom stereocenters. The summed E-state index contributed by atoms with van der Waals surface area (Å²) in [7, 11) is 0. The Kier molecular flexibility index (Phi) is 7.17. The summed E-state index contributed by atoms with van der Waals surface area (Å²) in [4.78, 5) is 2.29. The number of para-hydroxylation sites is 3. The van der Waals surface area contributed by atoms with E-state index >= 15 is 0 Å². The molecule has 11 aromatic rings. The van der Waals surface area contributed by atoms with Gasteiger partial charge >= 0.3 is 0 Å². The predicted molar refractivity (Wildman–Crippen MR) is 229 cm³/mol. The number of benzene rings is 9. The van der Waals surface area contributed by atoms with Crippen LogP contribution in [0.5, 0.6) is 0 Å². The molecular weight excluding hydrogens is 671 g/mol. The highest BCUT2D eigenvalue weighted by atomic mass is 16.3. The normalized spacial score (nSPS) is 11.6. The van der Waals surface area contributed by atoms with Gasteiger partial charge in [0.1, 0.15) is 22.3 Å². The summed E-state index contributed by atoms with van der Waals surface area (Å²) in [6.07, 6.45) is 0. The maximum absolute atomic E-state index is 6.82. The Morgan fingerprint density at radius 1 is 0.273 bits per heavy atom. The zero-order valence-electron chi connectivity index (χ0n) is 29.8. The number of hydrogen-bond acceptors (Lipinski definition) is 3. The first-order valence-electron chi connectivity index (χ1n) is 18.7. The number of anilines is 3. The quantitative estimate of drug-likeness (QED) is 0.173. The van der Waals surface area contributed by atoms with Gasteiger partial charge in [0, 0.05) is 55.6 Å². The van der Waals surface area contributed by atoms with Crippen molar-refractivity contribution < 1.29 is 8.83 Å². The van der Waals surface area contributed by atoms with Crippen molar-refractivity contribution in [3.05, 3.63) is 200 Å². The average Bonchev–Trinajstić information content (AvgIpc) is 3.83. The molecule has 0 saturated carbocycles. The molecule has 55 heavy (non-hydrogen) atoms. The molecule has 0 aliphatic rings. The first-order valence-corrected chi connectivity index (χ1v) is 18.7. The predicted octanol–water partition coefficient (Wildman–Crippen LogP) is 15.1. The van der Waals surface area contributed by atoms with Crippen LogP contribution in [-0.2, 0) is 0 Å². The van der Waals surface area contributed by atoms with Crippen LogP contribution >= 0.6 is 0 Å². The van der Waals surface area contributed by atoms with Crippen molar-refractivity contribution in [2.45, 2.75) is 0 Å². The van der Waals surface area contributed by atoms with Crippen molar-refractivity contribution in [2.75, 3.05) is 4.90 Å². The second-order valence-electron chi connectivity index (χ2n) is 14.1. The van der Waals surface area contributed by atoms with Gasteiger partial charge in [-0.3, -0.25) is 0 Å². The molecule has 0 spiro atoms. The lowest BCUT2D eigenvalue weighted by Gasteiger charge is -2.25. The molecule has 0 radical (unpaired) electrons. The summed E-state index contributed by atoms with van der Waals surface area (Å²) in [5.41, 5.74) is 13.7. The Bertz CT molecular complexity index is 3190. The minimum atomic E-state index is 0.849. The smallest absolute Gasteiger partial charge is 0.143 e. The highest BCUT2D eigenvalue weighted by Gasteiger charge is 2.19. The molecular formula is C52H33NO2. The SMILES string of the molecule is c1ccc(-c2cccc(-c3cc4c5ccc(N(c6ccccc6)c6ccc(-c7cccc8c7oc7ccccc78)cc6)cc5oc4c4ccccc34)c2)cc1. The van der Waals surface area contributed by atoms with E-state index in [0.29, 0.717) is 0 Å². The third kappa shape index (κ3) is 5.20. The fraction of sp³-hybridized carbons (Fsp3) is 0. The molecule has 0 unspecified atom stereocenters. The van der Waals surface area contributed by atoms with Crippen LogP contribution in [0, 0.1) is 0 Å². The standard InChI is InChI=1S/C52H33NO2/c1-3-13-34(14-4-1)36-15-11-16-37(31-36)47-33-48-44-30-29-40(32-50(44)55-52(48)45-21-8-7-19-42(45)47)53(38-17-5-2-6-18-38)39-27-25-35(26-28-39)41-22-12-23-46-43-20-9-10-24-49(43)54-51(41)46/h1-33H. The summed E-state index contributed by atoms with van der Waals surface area (Å²) >= 11 is 0. The average molecular weight is 704 g/mol. The molecule has 2 aromatic heterocycles. The molecule has 0 N–H and O–H groups in total. The van der Waals surface area contributed by atoms with Crippen LogP contribution in [0.1, 0.15) is 0 Å². The lowest BCUT2D eigenvalue weighted by atomic mass is 9.93. The number of rotatable bonds is 6. The summed E-state index contributed by atoms with van der Waals surface area (Å²) in [5, 5.41) is 6.73. The van der Waals surface area contributed by atoms with Crippen LogP contribution in [0.25, 0.3) is 88.0 Å². The van der Waals surface area contributed by atoms with Crippen LogP contribution < -0.4 is 4.90 Å². The molecule has 258 valence electrons. The number of furan rings is 2. The third-order valence-corrected chi connectivity index (χ3v) is 10.9. The third-order valence-electron chi connectivity index (χ3n) is 10.9. The molecule has 11 rings (SSSR count). The van der Waals surface area contributed by atoms with E-state index < -0.39 is 0 Å². The fourth-order valence-electron chi connectivity index (χ4n) is 8.25. The molecule has 0 amide bonds. The monoisotopic (exact) mass is 703 g/mol. The largest absolute Gasteiger partial charge is 0.455 e. The van der Waals surface area contributed by atoms with Gasteiger partial charge in [-0.1, -0.05) is 140 Å². The first kappa shape index (κ1) is 31.2. The van der Waals surface area contributed by atoms with Crippen LogP contribution in [0.15, 0.2) is 209 Å². The zero-order chi connectivity index (χ0) is 36.3. The van der Waals surface area contributed by atoms with Crippen molar-refractivity contribution >= 4 is 71.7 Å². The van der Waals surface area contributed by atoms with Gasteiger partial charge in [0.15, 0.2) is 0 Å². The van der Waals surface area contributed by atoms with E-state index in [2.05, 4.69) is 193 Å². The van der Waals surface area contributed by atoms with Crippen LogP contribution in [0.2, 0.25) is 0 Å². The molecule has 3 nitrogen and oxygen atoms in total. The number of hydrogen-bond donors (Lipinski definition) is 0. The molecule has 0 aliphatic heterocycles. The lowest BCUT2D eigenvalue weighted by molar-refractivity contribution is 0.670. The van der Waals surface area contributed by atoms with Crippen molar-refractivity contribution in [1.82, 2.24) is 0 Å². The molecule has 0 saturated heterocycles. The van der Waals surface area contributed by atoms with Crippen LogP contribution in [-0.4, -0.2) is 0 Å². The van der Waals surface area contributed by atoms with E-state index in [9.17, 15) is 0 Å². The highest BCUT2D eigenvalue weighted by Crippen LogP contribution is 2.44. The van der Waals surface area contributed by atoms with Crippen molar-refractivity contribution in [1.29, 1.82) is 0 Å². The van der Waals surface area contributed by atoms with Crippen LogP contribution in [0.4, 0.5) is 17.1 Å². The van der Waals surface area contributed by atoms with E-state index in [0.717, 1.165) is 77.5 Å². The second kappa shape index (κ2) is 12.6. The molecule has 0 bridgehead atoms. The minimum Gasteiger partial charge on any atom is -0.455 e. The maximum Gasteiger partial charge on any atom is 0.143 e. The van der Waals surface area contributed by atoms with Gasteiger partial charge in [-0.05, 0) is 87.8 Å². The summed E-state index contributed by atoms with van der Waals surface area (Å²) < 4.78 is 13.2. The van der Waals surface area contributed by atoms with Gasteiger partial charge in [0.25, 0.3) is 0 Å². The van der Waals surface area contributed by atoms with E-state index in [1.165, 1.54) is 27.6 Å². The van der Waals surface area contributed by atoms with E-state index in [-0.39, 0.29) is 0 Å². The Hall–Kier alpha value is -7.36. The minimum absolute atomic E-state index is 0.849. The Morgan fingerprint density at radius 3 is 1.69 bits per heavy atom. The van der Waals surface area contributed by atoms with E-state index in [1.807, 2.05) is 12.1 Å². The van der Waals surface area contributed by atoms with Gasteiger partial charge in [-0.25, -0.2) is 0 Å². The van der Waals surface area contributed by atoms with E-state index in [1.54, 1.807) is 0 Å². The number of fused-ring (bicyclic) bond motifs is 8. The second-order valence-corrected chi connectivity index (χ2v) is 14.1. The molecule has 0 aliphatic carbocycles. The van der Waals surface area contributed by atoms with E-state index in [4.69, 9.17) is 8.83 Å². The summed E-state index contributed by atoms with van der Waals surface area (Å²) in [6.45, 7) is 0. The molecule has 0 fully saturated rings. The van der Waals surface area contributed by atoms with Gasteiger partial charge < -0.3 is 13.7 Å². The Labute approximate surface area is 317 Å². The maximum atomic E-state index is 6.82. The van der Waals surface area contributed by atoms with Crippen molar-refractivity contribution in [3.63, 3.8) is 0 Å². The molecule has 3 heteroatoms. The molecule has 2 heterocycles. The molecule has 9 aromatic carbocycles. The lowest BCUT2D eigenvalue weighted by Crippen LogP contribution is -2.09. The van der Waals surface area contributed by atoms with Crippen LogP contribution in [0.3, 0.4) is 0 Å². The topological polar surface area (TPSA) is 29.5 Å². The van der Waals surface area contributed by atoms with Gasteiger partial charge in [0.2, 0.25) is 0 Å². The highest BCUT2D eigenvalue weighted by molar-refractivity contribution is 6.19. The van der Waals surface area contributed by atoms with Gasteiger partial charge in [0.05, 0.1) is 0 Å². The summed E-state index contributed by atoms with van der Waals surface area (Å²) in [6, 6.07) is 70.8. The number of nitrogens with zero attached hydrogens (tertiary/aromatic N) is 1. The first-order chi connectivity index (χ1) is 27.3. The van der Waals surface area contributed by atoms with Crippen molar-refractivity contribution in [2.24, 2.45) is 0 Å². The van der Waals surface area contributed by atoms with Gasteiger partial charge in [-0.15, -0.1) is 0 Å². The van der Waals surface area contributed by atoms with Crippen molar-refractivity contribution in [3.8, 4) is 33.4 Å². The Balaban J connectivity index is 1.03. The fourth-order valence-corrected chi connectivity index (χ4v) is 8.25. The van der Waals surface area contributed by atoms with Gasteiger partial charge in [-0.2, -0.15) is 0 Å².